The molecule has 0 amide bonds. The van der Waals surface area contributed by atoms with Gasteiger partial charge in [0.15, 0.2) is 0 Å². The maximum Gasteiger partial charge on any atom is 0.244 e. The van der Waals surface area contributed by atoms with Gasteiger partial charge < -0.3 is 5.73 Å². The molecular formula is C18H22ClN3O2S. The van der Waals surface area contributed by atoms with Crippen LogP contribution in [0.2, 0.25) is 0 Å². The van der Waals surface area contributed by atoms with E-state index in [-0.39, 0.29) is 29.4 Å². The van der Waals surface area contributed by atoms with Crippen molar-refractivity contribution in [1.29, 1.82) is 5.26 Å². The zero-order valence-electron chi connectivity index (χ0n) is 14.1. The highest BCUT2D eigenvalue weighted by atomic mass is 35.5. The molecule has 0 radical (unpaired) electrons. The Hall–Kier alpha value is -1.91. The van der Waals surface area contributed by atoms with E-state index in [0.29, 0.717) is 25.1 Å². The summed E-state index contributed by atoms with van der Waals surface area (Å²) >= 11 is 0. The molecule has 2 N–H and O–H groups in total. The van der Waals surface area contributed by atoms with Crippen LogP contribution in [-0.4, -0.2) is 25.8 Å². The first-order chi connectivity index (χ1) is 11.5. The van der Waals surface area contributed by atoms with Crippen molar-refractivity contribution in [2.45, 2.75) is 24.8 Å². The fourth-order valence-corrected chi connectivity index (χ4v) is 4.16. The number of hydrogen-bond acceptors (Lipinski definition) is 4. The van der Waals surface area contributed by atoms with Crippen LogP contribution in [0.3, 0.4) is 0 Å². The normalized spacial score (nSPS) is 11.0. The molecule has 2 rings (SSSR count). The smallest absolute Gasteiger partial charge is 0.244 e. The van der Waals surface area contributed by atoms with Gasteiger partial charge in [-0.2, -0.15) is 9.57 Å². The molecular weight excluding hydrogens is 358 g/mol. The minimum absolute atomic E-state index is 0. The van der Waals surface area contributed by atoms with Crippen LogP contribution in [0.15, 0.2) is 53.4 Å². The SMILES string of the molecule is Cc1cccc(S(=O)(=O)N(CCCN)Cc2ccccc2)c1C#N.Cl. The van der Waals surface area contributed by atoms with Crippen LogP contribution >= 0.6 is 12.4 Å². The average Bonchev–Trinajstić information content (AvgIpc) is 2.59. The summed E-state index contributed by atoms with van der Waals surface area (Å²) in [5.41, 5.74) is 7.30. The average molecular weight is 380 g/mol. The molecule has 0 aromatic heterocycles. The van der Waals surface area contributed by atoms with Crippen molar-refractivity contribution in [3.8, 4) is 6.07 Å². The number of nitrogens with zero attached hydrogens (tertiary/aromatic N) is 2. The zero-order valence-corrected chi connectivity index (χ0v) is 15.7. The van der Waals surface area contributed by atoms with Crippen molar-refractivity contribution in [3.05, 3.63) is 65.2 Å². The van der Waals surface area contributed by atoms with Gasteiger partial charge in [0.1, 0.15) is 11.0 Å². The van der Waals surface area contributed by atoms with Crippen molar-refractivity contribution < 1.29 is 8.42 Å². The molecule has 25 heavy (non-hydrogen) atoms. The van der Waals surface area contributed by atoms with Crippen LogP contribution in [0.4, 0.5) is 0 Å². The second-order valence-electron chi connectivity index (χ2n) is 5.53. The predicted molar refractivity (Wildman–Crippen MR) is 101 cm³/mol. The number of benzene rings is 2. The number of nitrogens with two attached hydrogens (primary N) is 1. The standard InChI is InChI=1S/C18H21N3O2S.ClH/c1-15-7-5-10-18(17(15)13-20)24(22,23)21(12-6-11-19)14-16-8-3-2-4-9-16;/h2-5,7-10H,6,11-12,14,19H2,1H3;1H. The minimum atomic E-state index is -3.78. The largest absolute Gasteiger partial charge is 0.330 e. The number of halogens is 1. The topological polar surface area (TPSA) is 87.2 Å². The highest BCUT2D eigenvalue weighted by Gasteiger charge is 2.27. The molecule has 0 saturated carbocycles. The van der Waals surface area contributed by atoms with Crippen LogP contribution in [0.1, 0.15) is 23.1 Å². The van der Waals surface area contributed by atoms with Gasteiger partial charge in [-0.25, -0.2) is 8.42 Å². The first-order valence-electron chi connectivity index (χ1n) is 7.74. The lowest BCUT2D eigenvalue weighted by atomic mass is 10.1. The first-order valence-corrected chi connectivity index (χ1v) is 9.18. The van der Waals surface area contributed by atoms with E-state index in [4.69, 9.17) is 5.73 Å². The summed E-state index contributed by atoms with van der Waals surface area (Å²) in [7, 11) is -3.78. The fraction of sp³-hybridized carbons (Fsp3) is 0.278. The number of hydrogen-bond donors (Lipinski definition) is 1. The number of sulfonamides is 1. The maximum absolute atomic E-state index is 13.1. The van der Waals surface area contributed by atoms with Crippen LogP contribution in [0.5, 0.6) is 0 Å². The van der Waals surface area contributed by atoms with E-state index in [9.17, 15) is 13.7 Å². The molecule has 0 aliphatic rings. The number of rotatable bonds is 7. The molecule has 0 aliphatic heterocycles. The van der Waals surface area contributed by atoms with Gasteiger partial charge in [-0.05, 0) is 37.1 Å². The molecule has 0 aliphatic carbocycles. The summed E-state index contributed by atoms with van der Waals surface area (Å²) in [6.07, 6.45) is 0.555. The summed E-state index contributed by atoms with van der Waals surface area (Å²) < 4.78 is 27.6. The van der Waals surface area contributed by atoms with Gasteiger partial charge in [0.2, 0.25) is 10.0 Å². The molecule has 0 unspecified atom stereocenters. The van der Waals surface area contributed by atoms with Gasteiger partial charge in [0.05, 0.1) is 5.56 Å². The van der Waals surface area contributed by atoms with Crippen molar-refractivity contribution in [2.75, 3.05) is 13.1 Å². The summed E-state index contributed by atoms with van der Waals surface area (Å²) in [5, 5.41) is 9.36. The molecule has 0 bridgehead atoms. The third kappa shape index (κ3) is 5.03. The van der Waals surface area contributed by atoms with Crippen molar-refractivity contribution in [3.63, 3.8) is 0 Å². The lowest BCUT2D eigenvalue weighted by Gasteiger charge is -2.23. The molecule has 0 saturated heterocycles. The Kier molecular flexibility index (Phi) is 8.07. The van der Waals surface area contributed by atoms with Gasteiger partial charge >= 0.3 is 0 Å². The van der Waals surface area contributed by atoms with Crippen molar-refractivity contribution >= 4 is 22.4 Å². The van der Waals surface area contributed by atoms with E-state index < -0.39 is 10.0 Å². The monoisotopic (exact) mass is 379 g/mol. The molecule has 2 aromatic rings. The Morgan fingerprint density at radius 2 is 1.80 bits per heavy atom. The van der Waals surface area contributed by atoms with Crippen LogP contribution in [-0.2, 0) is 16.6 Å². The second-order valence-corrected chi connectivity index (χ2v) is 7.43. The molecule has 0 spiro atoms. The Morgan fingerprint density at radius 1 is 1.12 bits per heavy atom. The van der Waals surface area contributed by atoms with Crippen LogP contribution < -0.4 is 5.73 Å². The predicted octanol–water partition coefficient (Wildman–Crippen LogP) is 2.83. The molecule has 0 atom stereocenters. The molecule has 0 fully saturated rings. The van der Waals surface area contributed by atoms with E-state index in [2.05, 4.69) is 0 Å². The van der Waals surface area contributed by atoms with Gasteiger partial charge in [0, 0.05) is 13.1 Å². The number of aryl methyl sites for hydroxylation is 1. The summed E-state index contributed by atoms with van der Waals surface area (Å²) in [5.74, 6) is 0. The quantitative estimate of drug-likeness (QED) is 0.801. The zero-order chi connectivity index (χ0) is 17.6. The highest BCUT2D eigenvalue weighted by molar-refractivity contribution is 7.89. The van der Waals surface area contributed by atoms with Crippen molar-refractivity contribution in [2.24, 2.45) is 5.73 Å². The highest BCUT2D eigenvalue weighted by Crippen LogP contribution is 2.24. The lowest BCUT2D eigenvalue weighted by molar-refractivity contribution is 0.401. The first kappa shape index (κ1) is 21.1. The summed E-state index contributed by atoms with van der Waals surface area (Å²) in [6, 6.07) is 16.3. The Balaban J connectivity index is 0.00000312. The third-order valence-corrected chi connectivity index (χ3v) is 5.67. The van der Waals surface area contributed by atoms with E-state index in [1.807, 2.05) is 36.4 Å². The van der Waals surface area contributed by atoms with E-state index >= 15 is 0 Å². The third-order valence-electron chi connectivity index (χ3n) is 3.78. The molecule has 134 valence electrons. The van der Waals surface area contributed by atoms with Gasteiger partial charge in [-0.3, -0.25) is 0 Å². The van der Waals surface area contributed by atoms with Crippen molar-refractivity contribution in [1.82, 2.24) is 4.31 Å². The fourth-order valence-electron chi connectivity index (χ4n) is 2.48. The van der Waals surface area contributed by atoms with Gasteiger partial charge in [0.25, 0.3) is 0 Å². The van der Waals surface area contributed by atoms with E-state index in [1.54, 1.807) is 19.1 Å². The van der Waals surface area contributed by atoms with E-state index in [1.165, 1.54) is 10.4 Å². The Labute approximate surface area is 155 Å². The van der Waals surface area contributed by atoms with Gasteiger partial charge in [-0.15, -0.1) is 12.4 Å². The van der Waals surface area contributed by atoms with E-state index in [0.717, 1.165) is 5.56 Å². The molecule has 5 nitrogen and oxygen atoms in total. The maximum atomic E-state index is 13.1. The molecule has 7 heteroatoms. The number of nitriles is 1. The Morgan fingerprint density at radius 3 is 2.40 bits per heavy atom. The molecule has 0 heterocycles. The minimum Gasteiger partial charge on any atom is -0.330 e. The molecule has 2 aromatic carbocycles. The summed E-state index contributed by atoms with van der Waals surface area (Å²) in [4.78, 5) is 0.0537. The second kappa shape index (κ2) is 9.54. The lowest BCUT2D eigenvalue weighted by Crippen LogP contribution is -2.33. The van der Waals surface area contributed by atoms with Gasteiger partial charge in [-0.1, -0.05) is 42.5 Å². The Bertz CT molecular complexity index is 833. The van der Waals surface area contributed by atoms with Crippen LogP contribution in [0, 0.1) is 18.3 Å². The summed E-state index contributed by atoms with van der Waals surface area (Å²) in [6.45, 7) is 2.70. The van der Waals surface area contributed by atoms with Crippen LogP contribution in [0.25, 0.3) is 0 Å².